The van der Waals surface area contributed by atoms with Crippen LogP contribution in [0.2, 0.25) is 0 Å². The first-order chi connectivity index (χ1) is 17.0. The quantitative estimate of drug-likeness (QED) is 0.375. The van der Waals surface area contributed by atoms with Gasteiger partial charge >= 0.3 is 0 Å². The predicted molar refractivity (Wildman–Crippen MR) is 135 cm³/mol. The fourth-order valence-electron chi connectivity index (χ4n) is 3.50. The molecule has 0 saturated carbocycles. The molecule has 0 aliphatic heterocycles. The van der Waals surface area contributed by atoms with E-state index in [0.717, 1.165) is 16.8 Å². The normalized spacial score (nSPS) is 10.8. The third-order valence-electron chi connectivity index (χ3n) is 5.27. The summed E-state index contributed by atoms with van der Waals surface area (Å²) in [5, 5.41) is 7.53. The van der Waals surface area contributed by atoms with E-state index in [1.165, 1.54) is 6.08 Å². The Kier molecular flexibility index (Phi) is 6.92. The van der Waals surface area contributed by atoms with E-state index in [9.17, 15) is 9.59 Å². The van der Waals surface area contributed by atoms with Gasteiger partial charge in [-0.15, -0.1) is 0 Å². The fourth-order valence-corrected chi connectivity index (χ4v) is 3.50. The Morgan fingerprint density at radius 2 is 1.66 bits per heavy atom. The van der Waals surface area contributed by atoms with Gasteiger partial charge in [-0.25, -0.2) is 4.68 Å². The molecule has 0 aliphatic carbocycles. The summed E-state index contributed by atoms with van der Waals surface area (Å²) in [6.45, 7) is 0. The molecule has 8 heteroatoms. The molecule has 35 heavy (non-hydrogen) atoms. The number of hydrogen-bond donors (Lipinski definition) is 2. The summed E-state index contributed by atoms with van der Waals surface area (Å²) < 4.78 is 12.5. The van der Waals surface area contributed by atoms with E-state index in [1.807, 2.05) is 54.7 Å². The molecule has 0 aliphatic rings. The molecule has 0 saturated heterocycles. The number of nitrogens with two attached hydrogens (primary N) is 1. The number of ether oxygens (including phenoxy) is 2. The molecule has 4 rings (SSSR count). The van der Waals surface area contributed by atoms with Crippen LogP contribution in [-0.4, -0.2) is 35.8 Å². The SMILES string of the molecule is COc1ccc(-c2nn(-c3ccccc3)cc2C=CC(=O)Nc2ccc(C(N)=O)cc2)cc1OC. The van der Waals surface area contributed by atoms with Gasteiger partial charge in [0.15, 0.2) is 11.5 Å². The molecule has 1 aromatic heterocycles. The minimum Gasteiger partial charge on any atom is -0.493 e. The van der Waals surface area contributed by atoms with Gasteiger partial charge < -0.3 is 20.5 Å². The zero-order valence-corrected chi connectivity index (χ0v) is 19.3. The summed E-state index contributed by atoms with van der Waals surface area (Å²) in [6, 6.07) is 21.6. The van der Waals surface area contributed by atoms with Crippen molar-refractivity contribution in [1.82, 2.24) is 9.78 Å². The largest absolute Gasteiger partial charge is 0.493 e. The van der Waals surface area contributed by atoms with Gasteiger partial charge in [-0.05, 0) is 60.7 Å². The van der Waals surface area contributed by atoms with E-state index in [-0.39, 0.29) is 5.91 Å². The zero-order valence-electron chi connectivity index (χ0n) is 19.3. The van der Waals surface area contributed by atoms with E-state index in [1.54, 1.807) is 49.2 Å². The number of methoxy groups -OCH3 is 2. The predicted octanol–water partition coefficient (Wildman–Crippen LogP) is 4.31. The van der Waals surface area contributed by atoms with Gasteiger partial charge in [0.1, 0.15) is 5.69 Å². The van der Waals surface area contributed by atoms with Crippen molar-refractivity contribution in [3.05, 3.63) is 96.2 Å². The van der Waals surface area contributed by atoms with Gasteiger partial charge in [0.25, 0.3) is 0 Å². The van der Waals surface area contributed by atoms with Crippen LogP contribution in [-0.2, 0) is 4.79 Å². The lowest BCUT2D eigenvalue weighted by molar-refractivity contribution is -0.111. The molecule has 1 heterocycles. The second-order valence-electron chi connectivity index (χ2n) is 7.55. The minimum atomic E-state index is -0.527. The van der Waals surface area contributed by atoms with Crippen molar-refractivity contribution in [3.63, 3.8) is 0 Å². The average Bonchev–Trinajstić information content (AvgIpc) is 3.32. The lowest BCUT2D eigenvalue weighted by atomic mass is 10.1. The lowest BCUT2D eigenvalue weighted by Gasteiger charge is -2.09. The highest BCUT2D eigenvalue weighted by Gasteiger charge is 2.14. The summed E-state index contributed by atoms with van der Waals surface area (Å²) in [5.41, 5.74) is 9.27. The Morgan fingerprint density at radius 1 is 0.943 bits per heavy atom. The van der Waals surface area contributed by atoms with Gasteiger partial charge in [-0.3, -0.25) is 9.59 Å². The third kappa shape index (κ3) is 5.39. The van der Waals surface area contributed by atoms with Crippen molar-refractivity contribution < 1.29 is 19.1 Å². The van der Waals surface area contributed by atoms with Gasteiger partial charge in [-0.2, -0.15) is 5.10 Å². The number of hydrogen-bond acceptors (Lipinski definition) is 5. The van der Waals surface area contributed by atoms with Crippen molar-refractivity contribution in [2.24, 2.45) is 5.73 Å². The number of amides is 2. The van der Waals surface area contributed by atoms with Crippen molar-refractivity contribution in [2.75, 3.05) is 19.5 Å². The van der Waals surface area contributed by atoms with Crippen LogP contribution < -0.4 is 20.5 Å². The van der Waals surface area contributed by atoms with Crippen LogP contribution in [0.1, 0.15) is 15.9 Å². The van der Waals surface area contributed by atoms with Gasteiger partial charge in [0.2, 0.25) is 11.8 Å². The molecule has 176 valence electrons. The number of carbonyl (C=O) groups excluding carboxylic acids is 2. The Labute approximate surface area is 202 Å². The zero-order chi connectivity index (χ0) is 24.8. The Bertz CT molecular complexity index is 1380. The fraction of sp³-hybridized carbons (Fsp3) is 0.0741. The maximum atomic E-state index is 12.6. The number of aromatic nitrogens is 2. The second-order valence-corrected chi connectivity index (χ2v) is 7.55. The van der Waals surface area contributed by atoms with Crippen molar-refractivity contribution >= 4 is 23.6 Å². The second kappa shape index (κ2) is 10.4. The van der Waals surface area contributed by atoms with Crippen LogP contribution in [0.4, 0.5) is 5.69 Å². The maximum Gasteiger partial charge on any atom is 0.248 e. The van der Waals surface area contributed by atoms with Crippen LogP contribution in [0.25, 0.3) is 23.0 Å². The molecule has 0 radical (unpaired) electrons. The molecule has 8 nitrogen and oxygen atoms in total. The molecule has 4 aromatic rings. The summed E-state index contributed by atoms with van der Waals surface area (Å²) in [4.78, 5) is 23.8. The van der Waals surface area contributed by atoms with Crippen LogP contribution in [0.5, 0.6) is 11.5 Å². The lowest BCUT2D eigenvalue weighted by Crippen LogP contribution is -2.11. The van der Waals surface area contributed by atoms with E-state index in [0.29, 0.717) is 28.4 Å². The molecular weight excluding hydrogens is 444 g/mol. The standard InChI is InChI=1S/C27H24N4O4/c1-34-23-14-10-19(16-24(23)35-2)26-20(17-31(30-26)22-6-4-3-5-7-22)11-15-25(32)29-21-12-8-18(9-13-21)27(28)33/h3-17H,1-2H3,(H2,28,33)(H,29,32). The Morgan fingerprint density at radius 3 is 2.31 bits per heavy atom. The summed E-state index contributed by atoms with van der Waals surface area (Å²) in [7, 11) is 3.15. The first kappa shape index (κ1) is 23.3. The Hall–Kier alpha value is -4.85. The average molecular weight is 469 g/mol. The van der Waals surface area contributed by atoms with Crippen molar-refractivity contribution in [1.29, 1.82) is 0 Å². The number of carbonyl (C=O) groups is 2. The number of primary amides is 1. The minimum absolute atomic E-state index is 0.331. The third-order valence-corrected chi connectivity index (χ3v) is 5.27. The van der Waals surface area contributed by atoms with Crippen molar-refractivity contribution in [2.45, 2.75) is 0 Å². The maximum absolute atomic E-state index is 12.6. The molecule has 0 bridgehead atoms. The number of nitrogens with one attached hydrogen (secondary N) is 1. The van der Waals surface area contributed by atoms with Crippen LogP contribution in [0.15, 0.2) is 85.1 Å². The number of anilines is 1. The van der Waals surface area contributed by atoms with E-state index in [2.05, 4.69) is 5.32 Å². The number of benzene rings is 3. The highest BCUT2D eigenvalue weighted by atomic mass is 16.5. The number of nitrogens with zero attached hydrogens (tertiary/aromatic N) is 2. The molecule has 0 atom stereocenters. The van der Waals surface area contributed by atoms with Gasteiger partial charge in [0, 0.05) is 34.7 Å². The number of rotatable bonds is 8. The molecule has 3 N–H and O–H groups in total. The molecular formula is C27H24N4O4. The summed E-state index contributed by atoms with van der Waals surface area (Å²) in [6.07, 6.45) is 4.98. The summed E-state index contributed by atoms with van der Waals surface area (Å²) in [5.74, 6) is 0.326. The van der Waals surface area contributed by atoms with Gasteiger partial charge in [-0.1, -0.05) is 18.2 Å². The topological polar surface area (TPSA) is 108 Å². The Balaban J connectivity index is 1.65. The van der Waals surface area contributed by atoms with E-state index >= 15 is 0 Å². The molecule has 0 spiro atoms. The van der Waals surface area contributed by atoms with Crippen molar-refractivity contribution in [3.8, 4) is 28.4 Å². The van der Waals surface area contributed by atoms with E-state index in [4.69, 9.17) is 20.3 Å². The van der Waals surface area contributed by atoms with E-state index < -0.39 is 5.91 Å². The molecule has 3 aromatic carbocycles. The van der Waals surface area contributed by atoms with Crippen LogP contribution in [0, 0.1) is 0 Å². The molecule has 0 fully saturated rings. The highest BCUT2D eigenvalue weighted by Crippen LogP contribution is 2.33. The smallest absolute Gasteiger partial charge is 0.248 e. The molecule has 2 amide bonds. The number of para-hydroxylation sites is 1. The monoisotopic (exact) mass is 468 g/mol. The van der Waals surface area contributed by atoms with Crippen LogP contribution >= 0.6 is 0 Å². The highest BCUT2D eigenvalue weighted by molar-refractivity contribution is 6.02. The van der Waals surface area contributed by atoms with Gasteiger partial charge in [0.05, 0.1) is 19.9 Å². The first-order valence-electron chi connectivity index (χ1n) is 10.7. The van der Waals surface area contributed by atoms with Crippen LogP contribution in [0.3, 0.4) is 0 Å². The first-order valence-corrected chi connectivity index (χ1v) is 10.7. The molecule has 0 unspecified atom stereocenters. The summed E-state index contributed by atoms with van der Waals surface area (Å²) >= 11 is 0.